The fourth-order valence-corrected chi connectivity index (χ4v) is 3.05. The van der Waals surface area contributed by atoms with E-state index in [0.29, 0.717) is 29.9 Å². The number of hydrogen-bond donors (Lipinski definition) is 0. The third-order valence-electron chi connectivity index (χ3n) is 4.34. The van der Waals surface area contributed by atoms with Crippen LogP contribution in [0.3, 0.4) is 0 Å². The summed E-state index contributed by atoms with van der Waals surface area (Å²) in [4.78, 5) is 40.3. The van der Waals surface area contributed by atoms with Crippen molar-refractivity contribution < 1.29 is 23.9 Å². The Morgan fingerprint density at radius 2 is 2.08 bits per heavy atom. The Labute approximate surface area is 151 Å². The zero-order chi connectivity index (χ0) is 18.7. The maximum Gasteiger partial charge on any atom is 0.330 e. The third kappa shape index (κ3) is 3.25. The first kappa shape index (κ1) is 17.9. The number of ether oxygens (including phenoxy) is 2. The fraction of sp³-hybridized carbons (Fsp3) is 0.316. The Hall–Kier alpha value is -2.93. The normalized spacial score (nSPS) is 19.3. The SMILES string of the molecule is CCOCN1C(=O)C2CC(C=CC(=O)OC)=CN2C(=O)c2ccccc21. The van der Waals surface area contributed by atoms with Crippen molar-refractivity contribution in [1.29, 1.82) is 0 Å². The van der Waals surface area contributed by atoms with Gasteiger partial charge in [-0.15, -0.1) is 0 Å². The smallest absolute Gasteiger partial charge is 0.330 e. The molecule has 7 nitrogen and oxygen atoms in total. The Kier molecular flexibility index (Phi) is 5.18. The van der Waals surface area contributed by atoms with E-state index in [2.05, 4.69) is 4.74 Å². The molecular weight excluding hydrogens is 336 g/mol. The fourth-order valence-electron chi connectivity index (χ4n) is 3.05. The molecule has 0 aromatic heterocycles. The van der Waals surface area contributed by atoms with Crippen molar-refractivity contribution in [1.82, 2.24) is 4.90 Å². The van der Waals surface area contributed by atoms with Crippen LogP contribution in [-0.2, 0) is 19.1 Å². The molecule has 2 heterocycles. The Balaban J connectivity index is 1.97. The molecule has 2 amide bonds. The molecule has 2 aliphatic rings. The van der Waals surface area contributed by atoms with Gasteiger partial charge in [0.1, 0.15) is 12.8 Å². The van der Waals surface area contributed by atoms with E-state index in [1.54, 1.807) is 36.5 Å². The quantitative estimate of drug-likeness (QED) is 0.594. The van der Waals surface area contributed by atoms with Crippen LogP contribution in [0.2, 0.25) is 0 Å². The maximum absolute atomic E-state index is 13.1. The second-order valence-electron chi connectivity index (χ2n) is 5.90. The van der Waals surface area contributed by atoms with Crippen LogP contribution >= 0.6 is 0 Å². The largest absolute Gasteiger partial charge is 0.466 e. The van der Waals surface area contributed by atoms with Gasteiger partial charge in [-0.1, -0.05) is 18.2 Å². The molecule has 26 heavy (non-hydrogen) atoms. The number of anilines is 1. The molecule has 1 unspecified atom stereocenters. The minimum Gasteiger partial charge on any atom is -0.466 e. The highest BCUT2D eigenvalue weighted by atomic mass is 16.5. The van der Waals surface area contributed by atoms with Crippen molar-refractivity contribution in [2.24, 2.45) is 0 Å². The van der Waals surface area contributed by atoms with Crippen LogP contribution in [0.15, 0.2) is 48.2 Å². The Morgan fingerprint density at radius 1 is 1.31 bits per heavy atom. The lowest BCUT2D eigenvalue weighted by molar-refractivity contribution is -0.134. The molecule has 0 aliphatic carbocycles. The van der Waals surface area contributed by atoms with Crippen molar-refractivity contribution in [3.8, 4) is 0 Å². The number of hydrogen-bond acceptors (Lipinski definition) is 5. The van der Waals surface area contributed by atoms with Crippen LogP contribution in [0.1, 0.15) is 23.7 Å². The molecule has 3 rings (SSSR count). The van der Waals surface area contributed by atoms with Gasteiger partial charge in [0.15, 0.2) is 0 Å². The molecule has 1 atom stereocenters. The van der Waals surface area contributed by atoms with Crippen LogP contribution in [-0.4, -0.2) is 49.2 Å². The van der Waals surface area contributed by atoms with Crippen molar-refractivity contribution in [3.63, 3.8) is 0 Å². The van der Waals surface area contributed by atoms with Gasteiger partial charge < -0.3 is 14.4 Å². The maximum atomic E-state index is 13.1. The van der Waals surface area contributed by atoms with E-state index in [1.807, 2.05) is 6.92 Å². The summed E-state index contributed by atoms with van der Waals surface area (Å²) < 4.78 is 10.0. The van der Waals surface area contributed by atoms with Crippen LogP contribution in [0.25, 0.3) is 0 Å². The summed E-state index contributed by atoms with van der Waals surface area (Å²) in [5.74, 6) is -0.956. The summed E-state index contributed by atoms with van der Waals surface area (Å²) in [6.45, 7) is 2.38. The number of esters is 1. The third-order valence-corrected chi connectivity index (χ3v) is 4.34. The molecule has 0 saturated heterocycles. The minimum absolute atomic E-state index is 0.0807. The average molecular weight is 356 g/mol. The number of amides is 2. The molecule has 0 spiro atoms. The first-order valence-electron chi connectivity index (χ1n) is 8.34. The number of allylic oxidation sites excluding steroid dienone is 1. The molecule has 0 bridgehead atoms. The molecule has 0 radical (unpaired) electrons. The predicted octanol–water partition coefficient (Wildman–Crippen LogP) is 1.85. The van der Waals surface area contributed by atoms with Crippen LogP contribution in [0.5, 0.6) is 0 Å². The van der Waals surface area contributed by atoms with Crippen molar-refractivity contribution in [2.75, 3.05) is 25.3 Å². The number of para-hydroxylation sites is 1. The predicted molar refractivity (Wildman–Crippen MR) is 94.2 cm³/mol. The van der Waals surface area contributed by atoms with Crippen LogP contribution < -0.4 is 4.90 Å². The van der Waals surface area contributed by atoms with Crippen LogP contribution in [0.4, 0.5) is 5.69 Å². The standard InChI is InChI=1S/C19H20N2O5/c1-3-26-12-21-15-7-5-4-6-14(15)18(23)20-11-13(8-9-17(22)25-2)10-16(20)19(21)24/h4-9,11,16H,3,10,12H2,1-2H3. The number of nitrogens with zero attached hydrogens (tertiary/aromatic N) is 2. The minimum atomic E-state index is -0.660. The molecule has 1 aromatic carbocycles. The van der Waals surface area contributed by atoms with E-state index in [-0.39, 0.29) is 18.5 Å². The molecule has 136 valence electrons. The number of rotatable bonds is 5. The van der Waals surface area contributed by atoms with E-state index >= 15 is 0 Å². The van der Waals surface area contributed by atoms with E-state index in [0.717, 1.165) is 0 Å². The number of carbonyl (C=O) groups is 3. The summed E-state index contributed by atoms with van der Waals surface area (Å²) in [7, 11) is 1.29. The summed E-state index contributed by atoms with van der Waals surface area (Å²) in [5.41, 5.74) is 1.70. The number of fused-ring (bicyclic) bond motifs is 2. The van der Waals surface area contributed by atoms with Crippen molar-refractivity contribution >= 4 is 23.5 Å². The van der Waals surface area contributed by atoms with Crippen LogP contribution in [0, 0.1) is 0 Å². The number of benzene rings is 1. The second-order valence-corrected chi connectivity index (χ2v) is 5.90. The van der Waals surface area contributed by atoms with Gasteiger partial charge in [-0.05, 0) is 24.6 Å². The Bertz CT molecular complexity index is 799. The van der Waals surface area contributed by atoms with Gasteiger partial charge in [-0.25, -0.2) is 4.79 Å². The lowest BCUT2D eigenvalue weighted by Gasteiger charge is -2.25. The molecule has 7 heteroatoms. The average Bonchev–Trinajstić information content (AvgIpc) is 3.07. The Morgan fingerprint density at radius 3 is 2.81 bits per heavy atom. The van der Waals surface area contributed by atoms with E-state index in [4.69, 9.17) is 4.74 Å². The van der Waals surface area contributed by atoms with Gasteiger partial charge in [0.25, 0.3) is 11.8 Å². The van der Waals surface area contributed by atoms with E-state index in [1.165, 1.54) is 23.0 Å². The van der Waals surface area contributed by atoms with E-state index < -0.39 is 12.0 Å². The highest BCUT2D eigenvalue weighted by Gasteiger charge is 2.41. The number of carbonyl (C=O) groups excluding carboxylic acids is 3. The molecule has 1 aromatic rings. The molecular formula is C19H20N2O5. The molecule has 0 saturated carbocycles. The molecule has 0 fully saturated rings. The monoisotopic (exact) mass is 356 g/mol. The summed E-state index contributed by atoms with van der Waals surface area (Å²) in [5, 5.41) is 0. The van der Waals surface area contributed by atoms with Gasteiger partial charge in [-0.3, -0.25) is 14.5 Å². The van der Waals surface area contributed by atoms with Gasteiger partial charge in [0, 0.05) is 25.3 Å². The molecule has 2 aliphatic heterocycles. The highest BCUT2D eigenvalue weighted by Crippen LogP contribution is 2.34. The van der Waals surface area contributed by atoms with Crippen molar-refractivity contribution in [2.45, 2.75) is 19.4 Å². The van der Waals surface area contributed by atoms with Gasteiger partial charge in [0.05, 0.1) is 18.4 Å². The highest BCUT2D eigenvalue weighted by molar-refractivity contribution is 6.11. The summed E-state index contributed by atoms with van der Waals surface area (Å²) in [6, 6.07) is 6.33. The van der Waals surface area contributed by atoms with Gasteiger partial charge in [0.2, 0.25) is 0 Å². The second kappa shape index (κ2) is 7.53. The lowest BCUT2D eigenvalue weighted by Crippen LogP contribution is -2.44. The van der Waals surface area contributed by atoms with E-state index in [9.17, 15) is 14.4 Å². The topological polar surface area (TPSA) is 76.2 Å². The first-order chi connectivity index (χ1) is 12.6. The van der Waals surface area contributed by atoms with Gasteiger partial charge >= 0.3 is 5.97 Å². The zero-order valence-corrected chi connectivity index (χ0v) is 14.7. The lowest BCUT2D eigenvalue weighted by atomic mass is 10.1. The summed E-state index contributed by atoms with van der Waals surface area (Å²) in [6.07, 6.45) is 4.79. The summed E-state index contributed by atoms with van der Waals surface area (Å²) >= 11 is 0. The first-order valence-corrected chi connectivity index (χ1v) is 8.34. The number of methoxy groups -OCH3 is 1. The van der Waals surface area contributed by atoms with Crippen molar-refractivity contribution in [3.05, 3.63) is 53.8 Å². The molecule has 0 N–H and O–H groups in total. The van der Waals surface area contributed by atoms with Gasteiger partial charge in [-0.2, -0.15) is 0 Å². The zero-order valence-electron chi connectivity index (χ0n) is 14.7.